The lowest BCUT2D eigenvalue weighted by Gasteiger charge is -2.08. The fraction of sp³-hybridized carbons (Fsp3) is 0.0870. The van der Waals surface area contributed by atoms with Gasteiger partial charge in [-0.25, -0.2) is 4.79 Å². The Morgan fingerprint density at radius 1 is 0.846 bits per heavy atom. The smallest absolute Gasteiger partial charge is 0.338 e. The number of benzene rings is 4. The molecule has 0 radical (unpaired) electrons. The lowest BCUT2D eigenvalue weighted by Crippen LogP contribution is -2.04. The standard InChI is InChI=1S/C23H16O3/c1-2-25-23(24)14-11-12-16-15-7-3-4-8-17(15)22-21(19(16)13-14)18-9-5-6-10-20(18)26-22/h3-13H,2H2,1H3. The summed E-state index contributed by atoms with van der Waals surface area (Å²) in [5.41, 5.74) is 2.26. The second-order valence-corrected chi connectivity index (χ2v) is 6.33. The molecule has 0 saturated carbocycles. The molecule has 0 aliphatic heterocycles. The number of rotatable bonds is 2. The number of carbonyl (C=O) groups excluding carboxylic acids is 1. The summed E-state index contributed by atoms with van der Waals surface area (Å²) in [6, 6.07) is 22.0. The summed E-state index contributed by atoms with van der Waals surface area (Å²) >= 11 is 0. The van der Waals surface area contributed by atoms with Gasteiger partial charge in [-0.2, -0.15) is 0 Å². The van der Waals surface area contributed by atoms with E-state index in [1.165, 1.54) is 0 Å². The molecule has 4 aromatic carbocycles. The Morgan fingerprint density at radius 3 is 2.35 bits per heavy atom. The first-order valence-electron chi connectivity index (χ1n) is 8.71. The van der Waals surface area contributed by atoms with Gasteiger partial charge < -0.3 is 9.15 Å². The van der Waals surface area contributed by atoms with Crippen LogP contribution in [0.3, 0.4) is 0 Å². The molecular weight excluding hydrogens is 324 g/mol. The third kappa shape index (κ3) is 2.04. The van der Waals surface area contributed by atoms with Gasteiger partial charge in [0, 0.05) is 16.2 Å². The van der Waals surface area contributed by atoms with Crippen LogP contribution in [0.5, 0.6) is 0 Å². The quantitative estimate of drug-likeness (QED) is 0.289. The average molecular weight is 340 g/mol. The van der Waals surface area contributed by atoms with Crippen LogP contribution in [-0.4, -0.2) is 12.6 Å². The van der Waals surface area contributed by atoms with Crippen molar-refractivity contribution in [1.82, 2.24) is 0 Å². The van der Waals surface area contributed by atoms with Crippen molar-refractivity contribution in [2.24, 2.45) is 0 Å². The van der Waals surface area contributed by atoms with E-state index in [4.69, 9.17) is 9.15 Å². The van der Waals surface area contributed by atoms with Crippen LogP contribution in [0.2, 0.25) is 0 Å². The van der Waals surface area contributed by atoms with E-state index in [0.717, 1.165) is 43.5 Å². The van der Waals surface area contributed by atoms with Gasteiger partial charge in [0.05, 0.1) is 12.2 Å². The molecule has 0 fully saturated rings. The molecule has 26 heavy (non-hydrogen) atoms. The Kier molecular flexibility index (Phi) is 3.22. The molecule has 0 atom stereocenters. The highest BCUT2D eigenvalue weighted by atomic mass is 16.5. The lowest BCUT2D eigenvalue weighted by atomic mass is 9.95. The highest BCUT2D eigenvalue weighted by Crippen LogP contribution is 2.40. The largest absolute Gasteiger partial charge is 0.462 e. The summed E-state index contributed by atoms with van der Waals surface area (Å²) in [5.74, 6) is -0.302. The summed E-state index contributed by atoms with van der Waals surface area (Å²) in [5, 5.41) is 6.40. The molecule has 1 aromatic heterocycles. The summed E-state index contributed by atoms with van der Waals surface area (Å²) in [6.45, 7) is 2.17. The Labute approximate surface area is 149 Å². The monoisotopic (exact) mass is 340 g/mol. The topological polar surface area (TPSA) is 39.4 Å². The minimum Gasteiger partial charge on any atom is -0.462 e. The summed E-state index contributed by atoms with van der Waals surface area (Å²) in [7, 11) is 0. The minimum absolute atomic E-state index is 0.302. The van der Waals surface area contributed by atoms with Gasteiger partial charge in [-0.15, -0.1) is 0 Å². The molecular formula is C23H16O3. The Balaban J connectivity index is 2.01. The van der Waals surface area contributed by atoms with Gasteiger partial charge in [0.1, 0.15) is 11.2 Å². The van der Waals surface area contributed by atoms with Gasteiger partial charge in [-0.1, -0.05) is 48.5 Å². The van der Waals surface area contributed by atoms with E-state index >= 15 is 0 Å². The highest BCUT2D eigenvalue weighted by molar-refractivity contribution is 6.30. The van der Waals surface area contributed by atoms with Crippen LogP contribution in [0.15, 0.2) is 71.1 Å². The van der Waals surface area contributed by atoms with Gasteiger partial charge in [0.15, 0.2) is 0 Å². The number of hydrogen-bond acceptors (Lipinski definition) is 3. The van der Waals surface area contributed by atoms with Crippen molar-refractivity contribution in [3.8, 4) is 0 Å². The van der Waals surface area contributed by atoms with Gasteiger partial charge in [0.25, 0.3) is 0 Å². The van der Waals surface area contributed by atoms with E-state index in [9.17, 15) is 4.79 Å². The zero-order chi connectivity index (χ0) is 17.7. The van der Waals surface area contributed by atoms with Crippen molar-refractivity contribution < 1.29 is 13.9 Å². The van der Waals surface area contributed by atoms with Crippen molar-refractivity contribution in [3.05, 3.63) is 72.3 Å². The number of furan rings is 1. The number of esters is 1. The summed E-state index contributed by atoms with van der Waals surface area (Å²) in [6.07, 6.45) is 0. The maximum atomic E-state index is 12.2. The average Bonchev–Trinajstić information content (AvgIpc) is 3.08. The zero-order valence-corrected chi connectivity index (χ0v) is 14.3. The summed E-state index contributed by atoms with van der Waals surface area (Å²) in [4.78, 5) is 12.2. The van der Waals surface area contributed by atoms with E-state index in [1.807, 2.05) is 55.5 Å². The van der Waals surface area contributed by atoms with Crippen molar-refractivity contribution in [3.63, 3.8) is 0 Å². The first kappa shape index (κ1) is 15.0. The van der Waals surface area contributed by atoms with E-state index in [1.54, 1.807) is 0 Å². The molecule has 0 amide bonds. The molecule has 3 nitrogen and oxygen atoms in total. The van der Waals surface area contributed by atoms with Crippen LogP contribution >= 0.6 is 0 Å². The molecule has 0 aliphatic carbocycles. The van der Waals surface area contributed by atoms with Gasteiger partial charge in [0.2, 0.25) is 0 Å². The van der Waals surface area contributed by atoms with E-state index in [0.29, 0.717) is 12.2 Å². The van der Waals surface area contributed by atoms with Crippen LogP contribution in [0, 0.1) is 0 Å². The molecule has 1 heterocycles. The fourth-order valence-corrected chi connectivity index (χ4v) is 3.75. The lowest BCUT2D eigenvalue weighted by molar-refractivity contribution is 0.0526. The fourth-order valence-electron chi connectivity index (χ4n) is 3.75. The van der Waals surface area contributed by atoms with Crippen LogP contribution in [0.25, 0.3) is 43.5 Å². The number of fused-ring (bicyclic) bond motifs is 8. The number of hydrogen-bond donors (Lipinski definition) is 0. The molecule has 126 valence electrons. The SMILES string of the molecule is CCOC(=O)c1ccc2c3ccccc3c3oc4ccccc4c3c2c1. The third-order valence-electron chi connectivity index (χ3n) is 4.86. The summed E-state index contributed by atoms with van der Waals surface area (Å²) < 4.78 is 11.4. The van der Waals surface area contributed by atoms with Gasteiger partial charge >= 0.3 is 5.97 Å². The molecule has 0 unspecified atom stereocenters. The predicted octanol–water partition coefficient (Wildman–Crippen LogP) is 6.07. The maximum Gasteiger partial charge on any atom is 0.338 e. The minimum atomic E-state index is -0.302. The third-order valence-corrected chi connectivity index (χ3v) is 4.86. The molecule has 0 bridgehead atoms. The highest BCUT2D eigenvalue weighted by Gasteiger charge is 2.17. The number of ether oxygens (including phenoxy) is 1. The number of carbonyl (C=O) groups is 1. The van der Waals surface area contributed by atoms with Crippen LogP contribution < -0.4 is 0 Å². The first-order chi connectivity index (χ1) is 12.8. The van der Waals surface area contributed by atoms with Crippen molar-refractivity contribution in [1.29, 1.82) is 0 Å². The molecule has 0 aliphatic rings. The Bertz CT molecular complexity index is 1310. The Morgan fingerprint density at radius 2 is 1.54 bits per heavy atom. The van der Waals surface area contributed by atoms with E-state index < -0.39 is 0 Å². The molecule has 5 rings (SSSR count). The van der Waals surface area contributed by atoms with E-state index in [-0.39, 0.29) is 5.97 Å². The van der Waals surface area contributed by atoms with Crippen molar-refractivity contribution in [2.45, 2.75) is 6.92 Å². The van der Waals surface area contributed by atoms with Crippen LogP contribution in [0.1, 0.15) is 17.3 Å². The van der Waals surface area contributed by atoms with E-state index in [2.05, 4.69) is 18.2 Å². The molecule has 3 heteroatoms. The van der Waals surface area contributed by atoms with Crippen LogP contribution in [0.4, 0.5) is 0 Å². The van der Waals surface area contributed by atoms with Crippen molar-refractivity contribution in [2.75, 3.05) is 6.61 Å². The van der Waals surface area contributed by atoms with Gasteiger partial charge in [-0.05, 0) is 41.3 Å². The van der Waals surface area contributed by atoms with Crippen LogP contribution in [-0.2, 0) is 4.74 Å². The number of para-hydroxylation sites is 1. The maximum absolute atomic E-state index is 12.2. The zero-order valence-electron chi connectivity index (χ0n) is 14.3. The normalized spacial score (nSPS) is 11.6. The molecule has 0 spiro atoms. The second-order valence-electron chi connectivity index (χ2n) is 6.33. The molecule has 5 aromatic rings. The second kappa shape index (κ2) is 5.60. The predicted molar refractivity (Wildman–Crippen MR) is 105 cm³/mol. The van der Waals surface area contributed by atoms with Gasteiger partial charge in [-0.3, -0.25) is 0 Å². The Hall–Kier alpha value is -3.33. The first-order valence-corrected chi connectivity index (χ1v) is 8.71. The van der Waals surface area contributed by atoms with Crippen molar-refractivity contribution >= 4 is 49.5 Å². The molecule has 0 saturated heterocycles. The molecule has 0 N–H and O–H groups in total.